The van der Waals surface area contributed by atoms with Crippen molar-refractivity contribution in [3.8, 4) is 11.3 Å². The molecule has 0 bridgehead atoms. The van der Waals surface area contributed by atoms with Crippen LogP contribution in [0.5, 0.6) is 0 Å². The number of aromatic amines is 1. The fraction of sp³-hybridized carbons (Fsp3) is 0.529. The predicted molar refractivity (Wildman–Crippen MR) is 87.6 cm³/mol. The number of piperidine rings is 1. The molecule has 1 amide bonds. The predicted octanol–water partition coefficient (Wildman–Crippen LogP) is 2.62. The fourth-order valence-corrected chi connectivity index (χ4v) is 2.99. The van der Waals surface area contributed by atoms with Gasteiger partial charge in [-0.25, -0.2) is 4.98 Å². The largest absolute Gasteiger partial charge is 0.342 e. The molecule has 0 spiro atoms. The van der Waals surface area contributed by atoms with Crippen molar-refractivity contribution < 1.29 is 4.79 Å². The molecule has 1 atom stereocenters. The summed E-state index contributed by atoms with van der Waals surface area (Å²) in [5.41, 5.74) is 2.36. The molecule has 0 aliphatic carbocycles. The second-order valence-corrected chi connectivity index (χ2v) is 7.16. The van der Waals surface area contributed by atoms with Crippen LogP contribution in [0, 0.1) is 5.41 Å². The Labute approximate surface area is 136 Å². The van der Waals surface area contributed by atoms with Gasteiger partial charge in [0.15, 0.2) is 0 Å². The molecule has 1 saturated heterocycles. The van der Waals surface area contributed by atoms with E-state index < -0.39 is 0 Å². The molecular formula is C17H23N5O. The highest BCUT2D eigenvalue weighted by Crippen LogP contribution is 2.29. The van der Waals surface area contributed by atoms with Gasteiger partial charge in [0.05, 0.1) is 23.8 Å². The molecule has 0 radical (unpaired) electrons. The van der Waals surface area contributed by atoms with Crippen LogP contribution in [0.1, 0.15) is 45.2 Å². The third-order valence-corrected chi connectivity index (χ3v) is 4.22. The van der Waals surface area contributed by atoms with Crippen LogP contribution in [0.3, 0.4) is 0 Å². The summed E-state index contributed by atoms with van der Waals surface area (Å²) in [5.74, 6) is 0.454. The van der Waals surface area contributed by atoms with Gasteiger partial charge in [-0.15, -0.1) is 0 Å². The first kappa shape index (κ1) is 15.6. The van der Waals surface area contributed by atoms with Crippen LogP contribution in [-0.2, 0) is 4.79 Å². The molecule has 3 heterocycles. The number of H-pyrrole nitrogens is 1. The van der Waals surface area contributed by atoms with Crippen LogP contribution < -0.4 is 0 Å². The molecule has 0 saturated carbocycles. The Bertz CT molecular complexity index is 675. The van der Waals surface area contributed by atoms with Gasteiger partial charge in [-0.1, -0.05) is 20.8 Å². The van der Waals surface area contributed by atoms with Gasteiger partial charge in [0.25, 0.3) is 0 Å². The summed E-state index contributed by atoms with van der Waals surface area (Å²) < 4.78 is 0. The van der Waals surface area contributed by atoms with Gasteiger partial charge >= 0.3 is 0 Å². The number of carbonyl (C=O) groups excluding carboxylic acids is 1. The topological polar surface area (TPSA) is 74.8 Å². The molecule has 1 N–H and O–H groups in total. The molecule has 6 nitrogen and oxygen atoms in total. The van der Waals surface area contributed by atoms with Gasteiger partial charge in [0.1, 0.15) is 0 Å². The number of carbonyl (C=O) groups is 1. The van der Waals surface area contributed by atoms with Crippen molar-refractivity contribution in [2.75, 3.05) is 13.1 Å². The summed E-state index contributed by atoms with van der Waals surface area (Å²) in [7, 11) is 0. The lowest BCUT2D eigenvalue weighted by molar-refractivity contribution is -0.140. The number of amides is 1. The lowest BCUT2D eigenvalue weighted by Crippen LogP contribution is -2.44. The lowest BCUT2D eigenvalue weighted by Gasteiger charge is -2.36. The SMILES string of the molecule is CC(C)(C)C(=O)N1CCC[C@@H](c2cncc(-c3cn[nH]c3)n2)C1. The monoisotopic (exact) mass is 313 g/mol. The van der Waals surface area contributed by atoms with Crippen LogP contribution in [0.2, 0.25) is 0 Å². The molecule has 23 heavy (non-hydrogen) atoms. The van der Waals surface area contributed by atoms with Crippen molar-refractivity contribution in [1.29, 1.82) is 0 Å². The van der Waals surface area contributed by atoms with E-state index in [-0.39, 0.29) is 17.2 Å². The summed E-state index contributed by atoms with van der Waals surface area (Å²) in [6, 6.07) is 0. The standard InChI is InChI=1S/C17H23N5O/c1-17(2,3)16(23)22-6-4-5-12(11-22)14-9-18-10-15(21-14)13-7-19-20-8-13/h7-10,12H,4-6,11H2,1-3H3,(H,19,20)/t12-/m1/s1. The molecule has 2 aromatic rings. The zero-order valence-corrected chi connectivity index (χ0v) is 13.9. The van der Waals surface area contributed by atoms with Crippen molar-refractivity contribution >= 4 is 5.91 Å². The Kier molecular flexibility index (Phi) is 4.15. The molecule has 6 heteroatoms. The van der Waals surface area contributed by atoms with Crippen molar-refractivity contribution in [3.05, 3.63) is 30.5 Å². The molecule has 1 aliphatic rings. The minimum absolute atomic E-state index is 0.209. The van der Waals surface area contributed by atoms with Gasteiger partial charge in [-0.2, -0.15) is 5.10 Å². The Balaban J connectivity index is 1.79. The van der Waals surface area contributed by atoms with Crippen LogP contribution in [0.25, 0.3) is 11.3 Å². The van der Waals surface area contributed by atoms with Gasteiger partial charge < -0.3 is 4.90 Å². The highest BCUT2D eigenvalue weighted by atomic mass is 16.2. The van der Waals surface area contributed by atoms with E-state index in [0.29, 0.717) is 0 Å². The number of rotatable bonds is 2. The average Bonchev–Trinajstić information content (AvgIpc) is 3.08. The number of nitrogens with zero attached hydrogens (tertiary/aromatic N) is 4. The molecule has 3 rings (SSSR count). The molecule has 0 unspecified atom stereocenters. The number of aromatic nitrogens is 4. The Morgan fingerprint density at radius 2 is 2.13 bits per heavy atom. The van der Waals surface area contributed by atoms with Crippen molar-refractivity contribution in [3.63, 3.8) is 0 Å². The van der Waals surface area contributed by atoms with E-state index in [1.807, 2.05) is 38.1 Å². The Morgan fingerprint density at radius 3 is 2.83 bits per heavy atom. The summed E-state index contributed by atoms with van der Waals surface area (Å²) in [6.45, 7) is 7.47. The first-order chi connectivity index (χ1) is 10.9. The van der Waals surface area contributed by atoms with Crippen LogP contribution in [0.4, 0.5) is 0 Å². The van der Waals surface area contributed by atoms with E-state index in [9.17, 15) is 4.79 Å². The average molecular weight is 313 g/mol. The van der Waals surface area contributed by atoms with Gasteiger partial charge in [-0.05, 0) is 12.8 Å². The quantitative estimate of drug-likeness (QED) is 0.925. The highest BCUT2D eigenvalue weighted by Gasteiger charge is 2.32. The van der Waals surface area contributed by atoms with Crippen LogP contribution >= 0.6 is 0 Å². The molecular weight excluding hydrogens is 290 g/mol. The van der Waals surface area contributed by atoms with Gasteiger partial charge in [0, 0.05) is 42.4 Å². The number of hydrogen-bond donors (Lipinski definition) is 1. The smallest absolute Gasteiger partial charge is 0.227 e. The third kappa shape index (κ3) is 3.41. The molecule has 2 aromatic heterocycles. The van der Waals surface area contributed by atoms with E-state index >= 15 is 0 Å². The normalized spacial score (nSPS) is 18.9. The second kappa shape index (κ2) is 6.10. The third-order valence-electron chi connectivity index (χ3n) is 4.22. The van der Waals surface area contributed by atoms with E-state index in [1.165, 1.54) is 0 Å². The van der Waals surface area contributed by atoms with E-state index in [4.69, 9.17) is 4.98 Å². The van der Waals surface area contributed by atoms with E-state index in [2.05, 4.69) is 15.2 Å². The first-order valence-corrected chi connectivity index (χ1v) is 8.05. The van der Waals surface area contributed by atoms with Gasteiger partial charge in [0.2, 0.25) is 5.91 Å². The summed E-state index contributed by atoms with van der Waals surface area (Å²) in [4.78, 5) is 23.6. The van der Waals surface area contributed by atoms with E-state index in [0.717, 1.165) is 42.9 Å². The first-order valence-electron chi connectivity index (χ1n) is 8.05. The summed E-state index contributed by atoms with van der Waals surface area (Å²) in [6.07, 6.45) is 9.16. The fourth-order valence-electron chi connectivity index (χ4n) is 2.99. The molecule has 0 aromatic carbocycles. The zero-order chi connectivity index (χ0) is 16.4. The second-order valence-electron chi connectivity index (χ2n) is 7.16. The summed E-state index contributed by atoms with van der Waals surface area (Å²) >= 11 is 0. The van der Waals surface area contributed by atoms with Crippen molar-refractivity contribution in [2.24, 2.45) is 5.41 Å². The maximum Gasteiger partial charge on any atom is 0.227 e. The zero-order valence-electron chi connectivity index (χ0n) is 13.9. The number of likely N-dealkylation sites (tertiary alicyclic amines) is 1. The minimum atomic E-state index is -0.341. The molecule has 1 aliphatic heterocycles. The highest BCUT2D eigenvalue weighted by molar-refractivity contribution is 5.81. The van der Waals surface area contributed by atoms with Crippen LogP contribution in [-0.4, -0.2) is 44.1 Å². The minimum Gasteiger partial charge on any atom is -0.342 e. The number of hydrogen-bond acceptors (Lipinski definition) is 4. The molecule has 122 valence electrons. The maximum absolute atomic E-state index is 12.5. The summed E-state index contributed by atoms with van der Waals surface area (Å²) in [5, 5.41) is 6.75. The molecule has 1 fully saturated rings. The van der Waals surface area contributed by atoms with Crippen molar-refractivity contribution in [2.45, 2.75) is 39.5 Å². The van der Waals surface area contributed by atoms with Crippen LogP contribution in [0.15, 0.2) is 24.8 Å². The maximum atomic E-state index is 12.5. The van der Waals surface area contributed by atoms with E-state index in [1.54, 1.807) is 12.4 Å². The lowest BCUT2D eigenvalue weighted by atomic mass is 9.90. The number of nitrogens with one attached hydrogen (secondary N) is 1. The van der Waals surface area contributed by atoms with Gasteiger partial charge in [-0.3, -0.25) is 14.9 Å². The Morgan fingerprint density at radius 1 is 1.30 bits per heavy atom. The Hall–Kier alpha value is -2.24. The van der Waals surface area contributed by atoms with Crippen molar-refractivity contribution in [1.82, 2.24) is 25.1 Å².